The van der Waals surface area contributed by atoms with Crippen LogP contribution in [0.2, 0.25) is 0 Å². The number of nitrogens with zero attached hydrogens (tertiary/aromatic N) is 2. The molecule has 0 radical (unpaired) electrons. The number of hydrogen-bond donors (Lipinski definition) is 1. The van der Waals surface area contributed by atoms with E-state index in [-0.39, 0.29) is 24.0 Å². The third-order valence-corrected chi connectivity index (χ3v) is 7.52. The Bertz CT molecular complexity index is 1000. The van der Waals surface area contributed by atoms with Gasteiger partial charge in [-0.1, -0.05) is 25.1 Å². The Kier molecular flexibility index (Phi) is 8.03. The maximum Gasteiger partial charge on any atom is 0.324 e. The Morgan fingerprint density at radius 2 is 1.85 bits per heavy atom. The Morgan fingerprint density at radius 3 is 2.53 bits per heavy atom. The first-order chi connectivity index (χ1) is 16.5. The zero-order valence-corrected chi connectivity index (χ0v) is 21.2. The number of fused-ring (bicyclic) bond motifs is 1. The van der Waals surface area contributed by atoms with E-state index in [9.17, 15) is 9.59 Å². The van der Waals surface area contributed by atoms with Crippen molar-refractivity contribution in [1.29, 1.82) is 0 Å². The second-order valence-corrected chi connectivity index (χ2v) is 10.0. The number of anilines is 1. The van der Waals surface area contributed by atoms with Gasteiger partial charge in [-0.15, -0.1) is 11.8 Å². The average Bonchev–Trinajstić information content (AvgIpc) is 2.88. The van der Waals surface area contributed by atoms with Gasteiger partial charge in [0.1, 0.15) is 11.9 Å². The van der Waals surface area contributed by atoms with Gasteiger partial charge < -0.3 is 15.0 Å². The van der Waals surface area contributed by atoms with Gasteiger partial charge in [-0.2, -0.15) is 0 Å². The molecule has 2 aliphatic rings. The number of rotatable bonds is 6. The van der Waals surface area contributed by atoms with Crippen LogP contribution in [0, 0.1) is 12.8 Å². The van der Waals surface area contributed by atoms with Crippen LogP contribution in [0.25, 0.3) is 0 Å². The lowest BCUT2D eigenvalue weighted by Crippen LogP contribution is -2.52. The van der Waals surface area contributed by atoms with Crippen LogP contribution < -0.4 is 15.0 Å². The van der Waals surface area contributed by atoms with Crippen molar-refractivity contribution in [3.05, 3.63) is 53.6 Å². The summed E-state index contributed by atoms with van der Waals surface area (Å²) in [5, 5.41) is 3.09. The molecule has 0 bridgehead atoms. The molecule has 0 aliphatic carbocycles. The van der Waals surface area contributed by atoms with Gasteiger partial charge in [0.15, 0.2) is 0 Å². The first kappa shape index (κ1) is 24.5. The van der Waals surface area contributed by atoms with Crippen molar-refractivity contribution < 1.29 is 14.3 Å². The molecule has 1 fully saturated rings. The van der Waals surface area contributed by atoms with Crippen molar-refractivity contribution in [2.75, 3.05) is 37.3 Å². The van der Waals surface area contributed by atoms with E-state index in [1.165, 1.54) is 10.5 Å². The van der Waals surface area contributed by atoms with E-state index in [2.05, 4.69) is 42.8 Å². The van der Waals surface area contributed by atoms with E-state index in [0.29, 0.717) is 39.0 Å². The predicted octanol–water partition coefficient (Wildman–Crippen LogP) is 4.89. The number of carbonyl (C=O) groups excluding carboxylic acids is 2. The molecule has 1 atom stereocenters. The quantitative estimate of drug-likeness (QED) is 0.597. The first-order valence-corrected chi connectivity index (χ1v) is 13.4. The molecule has 0 aromatic heterocycles. The Labute approximate surface area is 207 Å². The molecule has 2 aliphatic heterocycles. The van der Waals surface area contributed by atoms with E-state index in [1.54, 1.807) is 11.8 Å². The number of thioether (sulfide) groups is 1. The molecular weight excluding hydrogens is 446 g/mol. The molecule has 3 amide bonds. The topological polar surface area (TPSA) is 61.9 Å². The molecule has 2 aromatic carbocycles. The fourth-order valence-corrected chi connectivity index (χ4v) is 5.03. The molecule has 2 heterocycles. The number of piperidine rings is 1. The third kappa shape index (κ3) is 5.69. The van der Waals surface area contributed by atoms with Gasteiger partial charge in [0.05, 0.1) is 12.2 Å². The van der Waals surface area contributed by atoms with Gasteiger partial charge >= 0.3 is 6.03 Å². The smallest absolute Gasteiger partial charge is 0.324 e. The van der Waals surface area contributed by atoms with Crippen molar-refractivity contribution in [3.8, 4) is 5.75 Å². The minimum Gasteiger partial charge on any atom is -0.486 e. The fourth-order valence-electron chi connectivity index (χ4n) is 4.62. The highest BCUT2D eigenvalue weighted by Crippen LogP contribution is 2.36. The van der Waals surface area contributed by atoms with Crippen LogP contribution in [0.1, 0.15) is 37.3 Å². The minimum absolute atomic E-state index is 0.000553. The van der Waals surface area contributed by atoms with Gasteiger partial charge in [0, 0.05) is 30.4 Å². The number of benzene rings is 2. The molecule has 1 saturated heterocycles. The van der Waals surface area contributed by atoms with E-state index in [1.807, 2.05) is 34.9 Å². The van der Waals surface area contributed by atoms with E-state index in [4.69, 9.17) is 4.74 Å². The second-order valence-electron chi connectivity index (χ2n) is 9.16. The number of likely N-dealkylation sites (tertiary alicyclic amines) is 1. The summed E-state index contributed by atoms with van der Waals surface area (Å²) in [4.78, 5) is 31.1. The molecule has 34 heavy (non-hydrogen) atoms. The molecule has 0 spiro atoms. The summed E-state index contributed by atoms with van der Waals surface area (Å²) in [6.45, 7) is 6.50. The number of nitrogens with one attached hydrogen (secondary N) is 1. The zero-order valence-electron chi connectivity index (χ0n) is 20.4. The van der Waals surface area contributed by atoms with Gasteiger partial charge in [0.25, 0.3) is 0 Å². The van der Waals surface area contributed by atoms with Crippen LogP contribution in [0.4, 0.5) is 10.5 Å². The number of aryl methyl sites for hydroxylation is 1. The van der Waals surface area contributed by atoms with Crippen molar-refractivity contribution in [3.63, 3.8) is 0 Å². The summed E-state index contributed by atoms with van der Waals surface area (Å²) in [6.07, 6.45) is 5.13. The van der Waals surface area contributed by atoms with Crippen LogP contribution in [0.5, 0.6) is 5.75 Å². The minimum atomic E-state index is -0.0365. The van der Waals surface area contributed by atoms with Crippen molar-refractivity contribution in [2.24, 2.45) is 5.92 Å². The monoisotopic (exact) mass is 481 g/mol. The molecule has 2 aromatic rings. The molecule has 7 heteroatoms. The van der Waals surface area contributed by atoms with Crippen LogP contribution in [0.15, 0.2) is 47.4 Å². The summed E-state index contributed by atoms with van der Waals surface area (Å²) >= 11 is 1.73. The van der Waals surface area contributed by atoms with Crippen LogP contribution >= 0.6 is 11.8 Å². The molecule has 0 saturated carbocycles. The van der Waals surface area contributed by atoms with E-state index in [0.717, 1.165) is 29.8 Å². The number of ether oxygens (including phenoxy) is 1. The first-order valence-electron chi connectivity index (χ1n) is 12.2. The Morgan fingerprint density at radius 1 is 1.12 bits per heavy atom. The van der Waals surface area contributed by atoms with Crippen LogP contribution in [-0.4, -0.2) is 55.4 Å². The molecule has 6 nitrogen and oxygen atoms in total. The van der Waals surface area contributed by atoms with Crippen molar-refractivity contribution >= 4 is 29.4 Å². The summed E-state index contributed by atoms with van der Waals surface area (Å²) in [6, 6.07) is 14.5. The summed E-state index contributed by atoms with van der Waals surface area (Å²) in [5.74, 6) is 0.839. The maximum absolute atomic E-state index is 13.4. The fraction of sp³-hybridized carbons (Fsp3) is 0.481. The largest absolute Gasteiger partial charge is 0.486 e. The normalized spacial score (nSPS) is 18.3. The van der Waals surface area contributed by atoms with Gasteiger partial charge in [0.2, 0.25) is 5.91 Å². The number of amides is 3. The maximum atomic E-state index is 13.4. The second kappa shape index (κ2) is 11.2. The lowest BCUT2D eigenvalue weighted by atomic mass is 9.96. The standard InChI is InChI=1S/C27H35N3O3S/c1-4-22-18-30(24-17-19(2)5-10-25(24)33-22)27(32)29-15-12-21(13-16-29)26(31)28-14-11-20-6-8-23(34-3)9-7-20/h5-10,17,21-22H,4,11-16,18H2,1-3H3,(H,28,31). The molecule has 1 N–H and O–H groups in total. The third-order valence-electron chi connectivity index (χ3n) is 6.78. The Balaban J connectivity index is 1.29. The van der Waals surface area contributed by atoms with Gasteiger partial charge in [-0.25, -0.2) is 4.79 Å². The summed E-state index contributed by atoms with van der Waals surface area (Å²) < 4.78 is 6.07. The summed E-state index contributed by atoms with van der Waals surface area (Å²) in [7, 11) is 0. The van der Waals surface area contributed by atoms with Gasteiger partial charge in [-0.05, 0) is 74.3 Å². The van der Waals surface area contributed by atoms with Crippen molar-refractivity contribution in [2.45, 2.75) is 50.5 Å². The average molecular weight is 482 g/mol. The number of carbonyl (C=O) groups is 2. The lowest BCUT2D eigenvalue weighted by molar-refractivity contribution is -0.126. The number of urea groups is 1. The van der Waals surface area contributed by atoms with Gasteiger partial charge in [-0.3, -0.25) is 9.69 Å². The van der Waals surface area contributed by atoms with Crippen molar-refractivity contribution in [1.82, 2.24) is 10.2 Å². The number of hydrogen-bond acceptors (Lipinski definition) is 4. The highest BCUT2D eigenvalue weighted by atomic mass is 32.2. The molecule has 4 rings (SSSR count). The van der Waals surface area contributed by atoms with Crippen LogP contribution in [0.3, 0.4) is 0 Å². The molecule has 1 unspecified atom stereocenters. The molecular formula is C27H35N3O3S. The SMILES string of the molecule is CCC1CN(C(=O)N2CCC(C(=O)NCCc3ccc(SC)cc3)CC2)c2cc(C)ccc2O1. The predicted molar refractivity (Wildman–Crippen MR) is 138 cm³/mol. The highest BCUT2D eigenvalue weighted by Gasteiger charge is 2.34. The van der Waals surface area contributed by atoms with Crippen LogP contribution in [-0.2, 0) is 11.2 Å². The van der Waals surface area contributed by atoms with E-state index < -0.39 is 0 Å². The summed E-state index contributed by atoms with van der Waals surface area (Å²) in [5.41, 5.74) is 3.18. The lowest BCUT2D eigenvalue weighted by Gasteiger charge is -2.39. The highest BCUT2D eigenvalue weighted by molar-refractivity contribution is 7.98. The zero-order chi connectivity index (χ0) is 24.1. The van der Waals surface area contributed by atoms with E-state index >= 15 is 0 Å². The molecule has 182 valence electrons. The Hall–Kier alpha value is -2.67.